The van der Waals surface area contributed by atoms with E-state index >= 15 is 0 Å². The SMILES string of the molecule is N=P(c1ccccc1)(c1ccccc1)c1ccccc1.N=P(c1ccccc1)(c1ccccc1)c1ccccc1.O=S(=O)(O)O. The molecule has 6 aromatic carbocycles. The average Bonchev–Trinajstić information content (AvgIpc) is 3.09. The topological polar surface area (TPSA) is 122 Å². The molecule has 0 aromatic heterocycles. The van der Waals surface area contributed by atoms with Crippen molar-refractivity contribution in [2.45, 2.75) is 0 Å². The Morgan fingerprint density at radius 3 is 0.556 bits per heavy atom. The summed E-state index contributed by atoms with van der Waals surface area (Å²) < 4.78 is 31.6. The molecule has 0 radical (unpaired) electrons. The predicted octanol–water partition coefficient (Wildman–Crippen LogP) is 6.83. The van der Waals surface area contributed by atoms with E-state index in [4.69, 9.17) is 17.5 Å². The van der Waals surface area contributed by atoms with Crippen molar-refractivity contribution in [3.8, 4) is 0 Å². The molecule has 6 nitrogen and oxygen atoms in total. The fourth-order valence-corrected chi connectivity index (χ4v) is 10.3. The molecule has 0 fully saturated rings. The van der Waals surface area contributed by atoms with Crippen LogP contribution in [0, 0.1) is 10.3 Å². The van der Waals surface area contributed by atoms with Crippen molar-refractivity contribution in [1.82, 2.24) is 0 Å². The summed E-state index contributed by atoms with van der Waals surface area (Å²) in [5, 5.41) is 25.1. The second kappa shape index (κ2) is 15.6. The second-order valence-corrected chi connectivity index (χ2v) is 16.5. The molecule has 0 bridgehead atoms. The molecule has 0 unspecified atom stereocenters. The molecule has 6 rings (SSSR count). The molecule has 0 saturated heterocycles. The van der Waals surface area contributed by atoms with Gasteiger partial charge < -0.3 is 10.3 Å². The summed E-state index contributed by atoms with van der Waals surface area (Å²) in [7, 11) is -9.22. The number of rotatable bonds is 6. The van der Waals surface area contributed by atoms with E-state index in [9.17, 15) is 10.3 Å². The maximum absolute atomic E-state index is 9.25. The van der Waals surface area contributed by atoms with Crippen LogP contribution in [0.15, 0.2) is 182 Å². The van der Waals surface area contributed by atoms with E-state index in [2.05, 4.69) is 72.8 Å². The molecule has 45 heavy (non-hydrogen) atoms. The van der Waals surface area contributed by atoms with E-state index in [1.54, 1.807) is 0 Å². The fraction of sp³-hybridized carbons (Fsp3) is 0. The zero-order valence-electron chi connectivity index (χ0n) is 24.3. The van der Waals surface area contributed by atoms with Crippen LogP contribution in [0.25, 0.3) is 0 Å². The summed E-state index contributed by atoms with van der Waals surface area (Å²) in [4.78, 5) is 0. The van der Waals surface area contributed by atoms with Crippen molar-refractivity contribution in [3.05, 3.63) is 182 Å². The lowest BCUT2D eigenvalue weighted by atomic mass is 10.4. The molecule has 4 N–H and O–H groups in total. The van der Waals surface area contributed by atoms with Crippen molar-refractivity contribution in [1.29, 1.82) is 10.3 Å². The van der Waals surface area contributed by atoms with E-state index in [-0.39, 0.29) is 0 Å². The Morgan fingerprint density at radius 2 is 0.444 bits per heavy atom. The van der Waals surface area contributed by atoms with E-state index in [0.717, 1.165) is 31.8 Å². The molecule has 0 amide bonds. The summed E-state index contributed by atoms with van der Waals surface area (Å²) in [6.45, 7) is 0. The van der Waals surface area contributed by atoms with Crippen LogP contribution >= 0.6 is 14.1 Å². The lowest BCUT2D eigenvalue weighted by molar-refractivity contribution is 0.381. The van der Waals surface area contributed by atoms with E-state index in [1.165, 1.54) is 0 Å². The van der Waals surface area contributed by atoms with Crippen LogP contribution in [0.1, 0.15) is 0 Å². The highest BCUT2D eigenvalue weighted by atomic mass is 32.3. The largest absolute Gasteiger partial charge is 0.394 e. The van der Waals surface area contributed by atoms with Crippen LogP contribution in [-0.4, -0.2) is 17.5 Å². The third-order valence-corrected chi connectivity index (χ3v) is 13.3. The Labute approximate surface area is 265 Å². The normalized spacial score (nSPS) is 11.2. The maximum Gasteiger partial charge on any atom is 0.394 e. The van der Waals surface area contributed by atoms with E-state index in [0.29, 0.717) is 0 Å². The minimum absolute atomic E-state index is 1.09. The van der Waals surface area contributed by atoms with Crippen LogP contribution in [0.4, 0.5) is 0 Å². The molecular weight excluding hydrogens is 618 g/mol. The summed E-state index contributed by atoms with van der Waals surface area (Å²) in [5.74, 6) is 0. The Balaban J connectivity index is 0.000000179. The van der Waals surface area contributed by atoms with Crippen molar-refractivity contribution in [2.75, 3.05) is 0 Å². The number of hydrogen-bond donors (Lipinski definition) is 4. The van der Waals surface area contributed by atoms with Gasteiger partial charge in [-0.15, -0.1) is 0 Å². The van der Waals surface area contributed by atoms with E-state index < -0.39 is 24.5 Å². The minimum atomic E-state index is -4.67. The van der Waals surface area contributed by atoms with Gasteiger partial charge in [-0.1, -0.05) is 182 Å². The quantitative estimate of drug-likeness (QED) is 0.116. The van der Waals surface area contributed by atoms with Gasteiger partial charge in [0.05, 0.1) is 14.1 Å². The van der Waals surface area contributed by atoms with Crippen molar-refractivity contribution in [2.24, 2.45) is 0 Å². The zero-order valence-corrected chi connectivity index (χ0v) is 26.9. The van der Waals surface area contributed by atoms with Gasteiger partial charge >= 0.3 is 10.4 Å². The molecule has 6 aromatic rings. The van der Waals surface area contributed by atoms with Gasteiger partial charge in [-0.3, -0.25) is 9.11 Å². The smallest absolute Gasteiger partial charge is 0.305 e. The molecule has 0 heterocycles. The van der Waals surface area contributed by atoms with Crippen LogP contribution < -0.4 is 31.8 Å². The summed E-state index contributed by atoms with van der Waals surface area (Å²) in [5.41, 5.74) is 0. The van der Waals surface area contributed by atoms with Crippen molar-refractivity contribution < 1.29 is 17.5 Å². The first-order valence-corrected chi connectivity index (χ1v) is 18.9. The Kier molecular flexibility index (Phi) is 11.6. The highest BCUT2D eigenvalue weighted by Gasteiger charge is 2.25. The zero-order chi connectivity index (χ0) is 32.2. The van der Waals surface area contributed by atoms with Gasteiger partial charge in [-0.05, 0) is 31.8 Å². The molecule has 228 valence electrons. The lowest BCUT2D eigenvalue weighted by Crippen LogP contribution is -2.24. The third kappa shape index (κ3) is 8.86. The summed E-state index contributed by atoms with van der Waals surface area (Å²) in [6, 6.07) is 61.1. The lowest BCUT2D eigenvalue weighted by Gasteiger charge is -2.24. The fourth-order valence-electron chi connectivity index (χ4n) is 4.80. The summed E-state index contributed by atoms with van der Waals surface area (Å²) >= 11 is 0. The van der Waals surface area contributed by atoms with Gasteiger partial charge in [0, 0.05) is 0 Å². The molecule has 0 aliphatic rings. The van der Waals surface area contributed by atoms with Crippen molar-refractivity contribution >= 4 is 56.3 Å². The van der Waals surface area contributed by atoms with Gasteiger partial charge in [0.2, 0.25) is 0 Å². The van der Waals surface area contributed by atoms with Crippen LogP contribution in [-0.2, 0) is 10.4 Å². The van der Waals surface area contributed by atoms with Gasteiger partial charge in [0.25, 0.3) is 0 Å². The van der Waals surface area contributed by atoms with E-state index in [1.807, 2.05) is 109 Å². The predicted molar refractivity (Wildman–Crippen MR) is 190 cm³/mol. The highest BCUT2D eigenvalue weighted by molar-refractivity contribution is 7.86. The molecule has 0 aliphatic heterocycles. The van der Waals surface area contributed by atoms with Gasteiger partial charge in [0.15, 0.2) is 0 Å². The summed E-state index contributed by atoms with van der Waals surface area (Å²) in [6.07, 6.45) is 0. The molecule has 9 heteroatoms. The van der Waals surface area contributed by atoms with Crippen LogP contribution in [0.5, 0.6) is 0 Å². The molecule has 0 atom stereocenters. The maximum atomic E-state index is 9.25. The minimum Gasteiger partial charge on any atom is -0.305 e. The highest BCUT2D eigenvalue weighted by Crippen LogP contribution is 2.43. The van der Waals surface area contributed by atoms with Crippen LogP contribution in [0.2, 0.25) is 0 Å². The molecule has 0 aliphatic carbocycles. The van der Waals surface area contributed by atoms with Crippen LogP contribution in [0.3, 0.4) is 0 Å². The van der Waals surface area contributed by atoms with Gasteiger partial charge in [-0.25, -0.2) is 0 Å². The Bertz CT molecular complexity index is 1620. The first-order valence-electron chi connectivity index (χ1n) is 14.0. The Morgan fingerprint density at radius 1 is 0.333 bits per heavy atom. The molecular formula is C36H34N2O4P2S. The average molecular weight is 653 g/mol. The van der Waals surface area contributed by atoms with Gasteiger partial charge in [0.1, 0.15) is 0 Å². The first-order chi connectivity index (χ1) is 21.6. The van der Waals surface area contributed by atoms with Crippen molar-refractivity contribution in [3.63, 3.8) is 0 Å². The van der Waals surface area contributed by atoms with Gasteiger partial charge in [-0.2, -0.15) is 8.42 Å². The monoisotopic (exact) mass is 652 g/mol. The standard InChI is InChI=1S/2C18H16NP.H2O4S/c2*19-20(16-10-4-1-5-11-16,17-12-6-2-7-13-17)18-14-8-3-9-15-18;1-5(2,3)4/h2*1-15,19H;(H2,1,2,3,4). The first kappa shape index (κ1) is 33.5. The molecule has 0 saturated carbocycles. The molecule has 0 spiro atoms. The number of benzene rings is 6. The Hall–Kier alpha value is -4.35. The third-order valence-electron chi connectivity index (χ3n) is 6.86. The number of nitrogens with one attached hydrogen (secondary N) is 2. The second-order valence-electron chi connectivity index (χ2n) is 9.80. The number of hydrogen-bond acceptors (Lipinski definition) is 4.